The number of benzene rings is 1. The lowest BCUT2D eigenvalue weighted by Crippen LogP contribution is -2.41. The Kier molecular flexibility index (Phi) is 5.65. The van der Waals surface area contributed by atoms with Gasteiger partial charge in [0.2, 0.25) is 5.91 Å². The van der Waals surface area contributed by atoms with Gasteiger partial charge in [0.15, 0.2) is 0 Å². The Morgan fingerprint density at radius 1 is 1.39 bits per heavy atom. The molecule has 0 saturated heterocycles. The van der Waals surface area contributed by atoms with Gasteiger partial charge in [-0.3, -0.25) is 4.79 Å². The fraction of sp³-hybridized carbons (Fsp3) is 0.500. The number of aliphatic hydroxyl groups is 1. The smallest absolute Gasteiger partial charge is 0.220 e. The van der Waals surface area contributed by atoms with Crippen molar-refractivity contribution in [1.29, 1.82) is 0 Å². The van der Waals surface area contributed by atoms with Crippen molar-refractivity contribution >= 4 is 11.6 Å². The normalized spacial score (nSPS) is 12.4. The van der Waals surface area contributed by atoms with Crippen LogP contribution in [0.4, 0.5) is 5.69 Å². The molecule has 0 heterocycles. The summed E-state index contributed by atoms with van der Waals surface area (Å²) < 4.78 is 0. The zero-order valence-electron chi connectivity index (χ0n) is 11.0. The molecule has 0 fully saturated rings. The van der Waals surface area contributed by atoms with E-state index in [-0.39, 0.29) is 24.5 Å². The molecule has 1 unspecified atom stereocenters. The van der Waals surface area contributed by atoms with E-state index in [1.54, 1.807) is 0 Å². The number of hydrogen-bond acceptors (Lipinski definition) is 3. The highest BCUT2D eigenvalue weighted by atomic mass is 16.3. The van der Waals surface area contributed by atoms with Gasteiger partial charge in [0.1, 0.15) is 0 Å². The number of hydrogen-bond donors (Lipinski definition) is 3. The Bertz CT molecular complexity index is 391. The van der Waals surface area contributed by atoms with Gasteiger partial charge in [-0.25, -0.2) is 0 Å². The molecule has 0 aromatic heterocycles. The Morgan fingerprint density at radius 2 is 2.06 bits per heavy atom. The number of aliphatic hydroxyl groups excluding tert-OH is 1. The molecule has 1 atom stereocenters. The van der Waals surface area contributed by atoms with Crippen LogP contribution in [0.15, 0.2) is 24.3 Å². The average Bonchev–Trinajstić information content (AvgIpc) is 2.34. The zero-order chi connectivity index (χ0) is 13.5. The fourth-order valence-electron chi connectivity index (χ4n) is 1.71. The van der Waals surface area contributed by atoms with Gasteiger partial charge in [-0.2, -0.15) is 0 Å². The van der Waals surface area contributed by atoms with Gasteiger partial charge in [-0.05, 0) is 24.0 Å². The van der Waals surface area contributed by atoms with Gasteiger partial charge < -0.3 is 16.2 Å². The first-order valence-electron chi connectivity index (χ1n) is 6.28. The summed E-state index contributed by atoms with van der Waals surface area (Å²) in [6, 6.07) is 7.37. The number of amides is 1. The number of rotatable bonds is 6. The Labute approximate surface area is 108 Å². The Hall–Kier alpha value is -1.55. The summed E-state index contributed by atoms with van der Waals surface area (Å²) in [5.74, 6) is 0.173. The molecular weight excluding hydrogens is 228 g/mol. The van der Waals surface area contributed by atoms with E-state index in [4.69, 9.17) is 10.8 Å². The third kappa shape index (κ3) is 4.37. The molecule has 0 aliphatic carbocycles. The molecule has 4 N–H and O–H groups in total. The van der Waals surface area contributed by atoms with E-state index >= 15 is 0 Å². The van der Waals surface area contributed by atoms with Gasteiger partial charge in [0.25, 0.3) is 0 Å². The molecule has 1 aromatic carbocycles. The van der Waals surface area contributed by atoms with Gasteiger partial charge in [0.05, 0.1) is 12.6 Å². The summed E-state index contributed by atoms with van der Waals surface area (Å²) in [6.45, 7) is 3.91. The van der Waals surface area contributed by atoms with Gasteiger partial charge in [-0.1, -0.05) is 32.0 Å². The summed E-state index contributed by atoms with van der Waals surface area (Å²) in [6.07, 6.45) is 1.01. The number of nitrogens with two attached hydrogens (primary N) is 1. The molecule has 1 rings (SSSR count). The predicted octanol–water partition coefficient (Wildman–Crippen LogP) is 1.33. The molecule has 0 radical (unpaired) electrons. The Morgan fingerprint density at radius 3 is 2.61 bits per heavy atom. The molecule has 100 valence electrons. The van der Waals surface area contributed by atoms with Crippen LogP contribution < -0.4 is 11.1 Å². The number of carbonyl (C=O) groups is 1. The van der Waals surface area contributed by atoms with E-state index in [9.17, 15) is 4.79 Å². The molecular formula is C14H22N2O2. The lowest BCUT2D eigenvalue weighted by molar-refractivity contribution is -0.122. The van der Waals surface area contributed by atoms with E-state index < -0.39 is 0 Å². The van der Waals surface area contributed by atoms with E-state index in [1.807, 2.05) is 38.1 Å². The zero-order valence-corrected chi connectivity index (χ0v) is 11.0. The van der Waals surface area contributed by atoms with Crippen LogP contribution >= 0.6 is 0 Å². The Balaban J connectivity index is 2.44. The lowest BCUT2D eigenvalue weighted by Gasteiger charge is -2.19. The summed E-state index contributed by atoms with van der Waals surface area (Å²) in [4.78, 5) is 11.7. The third-order valence-electron chi connectivity index (χ3n) is 3.02. The van der Waals surface area contributed by atoms with Gasteiger partial charge in [-0.15, -0.1) is 0 Å². The molecule has 4 heteroatoms. The first-order chi connectivity index (χ1) is 8.54. The highest BCUT2D eigenvalue weighted by Crippen LogP contribution is 2.12. The molecule has 0 spiro atoms. The first-order valence-corrected chi connectivity index (χ1v) is 6.28. The number of nitrogens with one attached hydrogen (secondary N) is 1. The summed E-state index contributed by atoms with van der Waals surface area (Å²) in [5, 5.41) is 12.0. The van der Waals surface area contributed by atoms with Crippen LogP contribution in [0, 0.1) is 5.92 Å². The van der Waals surface area contributed by atoms with Gasteiger partial charge >= 0.3 is 0 Å². The van der Waals surface area contributed by atoms with E-state index in [0.29, 0.717) is 18.5 Å². The number of para-hydroxylation sites is 1. The fourth-order valence-corrected chi connectivity index (χ4v) is 1.71. The molecule has 0 saturated carbocycles. The largest absolute Gasteiger partial charge is 0.399 e. The maximum Gasteiger partial charge on any atom is 0.220 e. The number of anilines is 1. The number of nitrogen functional groups attached to an aromatic ring is 1. The minimum Gasteiger partial charge on any atom is -0.399 e. The van der Waals surface area contributed by atoms with Crippen LogP contribution in [-0.4, -0.2) is 23.7 Å². The summed E-state index contributed by atoms with van der Waals surface area (Å²) >= 11 is 0. The minimum atomic E-state index is -0.175. The minimum absolute atomic E-state index is 0.0309. The van der Waals surface area contributed by atoms with Crippen molar-refractivity contribution in [1.82, 2.24) is 5.32 Å². The van der Waals surface area contributed by atoms with Crippen molar-refractivity contribution in [3.63, 3.8) is 0 Å². The second-order valence-corrected chi connectivity index (χ2v) is 4.80. The number of aryl methyl sites for hydroxylation is 1. The van der Waals surface area contributed by atoms with E-state index in [1.165, 1.54) is 0 Å². The number of carbonyl (C=O) groups excluding carboxylic acids is 1. The second-order valence-electron chi connectivity index (χ2n) is 4.80. The molecule has 0 aliphatic heterocycles. The van der Waals surface area contributed by atoms with E-state index in [2.05, 4.69) is 5.32 Å². The molecule has 1 aromatic rings. The summed E-state index contributed by atoms with van der Waals surface area (Å²) in [7, 11) is 0. The SMILES string of the molecule is CC(C)C(CO)NC(=O)CCc1ccccc1N. The molecule has 1 amide bonds. The monoisotopic (exact) mass is 250 g/mol. The van der Waals surface area contributed by atoms with Crippen LogP contribution in [0.5, 0.6) is 0 Å². The van der Waals surface area contributed by atoms with Crippen molar-refractivity contribution < 1.29 is 9.90 Å². The maximum atomic E-state index is 11.7. The van der Waals surface area contributed by atoms with Crippen molar-refractivity contribution in [2.45, 2.75) is 32.7 Å². The van der Waals surface area contributed by atoms with Crippen molar-refractivity contribution in [2.24, 2.45) is 5.92 Å². The van der Waals surface area contributed by atoms with Crippen molar-refractivity contribution in [2.75, 3.05) is 12.3 Å². The van der Waals surface area contributed by atoms with Crippen LogP contribution in [0.25, 0.3) is 0 Å². The van der Waals surface area contributed by atoms with Crippen LogP contribution in [-0.2, 0) is 11.2 Å². The van der Waals surface area contributed by atoms with Crippen LogP contribution in [0.1, 0.15) is 25.8 Å². The average molecular weight is 250 g/mol. The predicted molar refractivity (Wildman–Crippen MR) is 73.0 cm³/mol. The van der Waals surface area contributed by atoms with Crippen molar-refractivity contribution in [3.05, 3.63) is 29.8 Å². The topological polar surface area (TPSA) is 75.3 Å². The second kappa shape index (κ2) is 7.01. The molecule has 18 heavy (non-hydrogen) atoms. The quantitative estimate of drug-likeness (QED) is 0.667. The standard InChI is InChI=1S/C14H22N2O2/c1-10(2)13(9-17)16-14(18)8-7-11-5-3-4-6-12(11)15/h3-6,10,13,17H,7-9,15H2,1-2H3,(H,16,18). The maximum absolute atomic E-state index is 11.7. The molecule has 0 aliphatic rings. The van der Waals surface area contributed by atoms with Crippen LogP contribution in [0.2, 0.25) is 0 Å². The van der Waals surface area contributed by atoms with Crippen molar-refractivity contribution in [3.8, 4) is 0 Å². The molecule has 0 bridgehead atoms. The summed E-state index contributed by atoms with van der Waals surface area (Å²) in [5.41, 5.74) is 7.51. The van der Waals surface area contributed by atoms with Gasteiger partial charge in [0, 0.05) is 12.1 Å². The first kappa shape index (κ1) is 14.5. The van der Waals surface area contributed by atoms with E-state index in [0.717, 1.165) is 5.56 Å². The highest BCUT2D eigenvalue weighted by molar-refractivity contribution is 5.76. The van der Waals surface area contributed by atoms with Crippen LogP contribution in [0.3, 0.4) is 0 Å². The third-order valence-corrected chi connectivity index (χ3v) is 3.02. The molecule has 4 nitrogen and oxygen atoms in total. The lowest BCUT2D eigenvalue weighted by atomic mass is 10.0. The highest BCUT2D eigenvalue weighted by Gasteiger charge is 2.14.